The van der Waals surface area contributed by atoms with E-state index in [0.29, 0.717) is 43.0 Å². The van der Waals surface area contributed by atoms with Crippen molar-refractivity contribution < 1.29 is 23.9 Å². The average Bonchev–Trinajstić information content (AvgIpc) is 2.81. The molecule has 0 aliphatic carbocycles. The molecule has 2 amide bonds. The molecule has 3 rings (SSSR count). The third-order valence-electron chi connectivity index (χ3n) is 4.61. The molecule has 2 N–H and O–H groups in total. The first-order valence-corrected chi connectivity index (χ1v) is 10.6. The number of ether oxygens (including phenoxy) is 2. The Morgan fingerprint density at radius 2 is 1.58 bits per heavy atom. The lowest BCUT2D eigenvalue weighted by Crippen LogP contribution is -2.22. The van der Waals surface area contributed by atoms with Gasteiger partial charge in [0.05, 0.1) is 6.61 Å². The van der Waals surface area contributed by atoms with E-state index in [1.165, 1.54) is 13.0 Å². The Bertz CT molecular complexity index is 1080. The van der Waals surface area contributed by atoms with Crippen LogP contribution in [0.25, 0.3) is 0 Å². The van der Waals surface area contributed by atoms with Crippen molar-refractivity contribution in [2.24, 2.45) is 0 Å². The largest absolute Gasteiger partial charge is 0.494 e. The maximum atomic E-state index is 12.4. The molecule has 0 saturated carbocycles. The minimum atomic E-state index is -0.444. The fourth-order valence-electron chi connectivity index (χ4n) is 3.02. The number of anilines is 1. The van der Waals surface area contributed by atoms with Crippen molar-refractivity contribution in [3.63, 3.8) is 0 Å². The maximum Gasteiger partial charge on any atom is 0.308 e. The molecule has 170 valence electrons. The van der Waals surface area contributed by atoms with Crippen molar-refractivity contribution in [2.75, 3.05) is 11.9 Å². The van der Waals surface area contributed by atoms with Gasteiger partial charge in [-0.3, -0.25) is 14.4 Å². The standard InChI is InChI=1S/C26H26N2O5/c1-19(29)33-24-10-5-7-21(17-24)26(31)27-18-20-12-14-22(15-13-20)28-25(30)11-6-16-32-23-8-3-2-4-9-23/h2-5,7-10,12-15,17H,6,11,16,18H2,1H3,(H,27,31)(H,28,30). The van der Waals surface area contributed by atoms with Gasteiger partial charge < -0.3 is 20.1 Å². The molecule has 0 saturated heterocycles. The van der Waals surface area contributed by atoms with Crippen molar-refractivity contribution >= 4 is 23.5 Å². The minimum absolute atomic E-state index is 0.0830. The molecule has 0 fully saturated rings. The SMILES string of the molecule is CC(=O)Oc1cccc(C(=O)NCc2ccc(NC(=O)CCCOc3ccccc3)cc2)c1. The Morgan fingerprint density at radius 1 is 0.848 bits per heavy atom. The number of rotatable bonds is 10. The van der Waals surface area contributed by atoms with E-state index in [9.17, 15) is 14.4 Å². The fourth-order valence-corrected chi connectivity index (χ4v) is 3.02. The highest BCUT2D eigenvalue weighted by Gasteiger charge is 2.08. The number of para-hydroxylation sites is 1. The van der Waals surface area contributed by atoms with E-state index in [0.717, 1.165) is 11.3 Å². The van der Waals surface area contributed by atoms with Crippen LogP contribution in [0.2, 0.25) is 0 Å². The minimum Gasteiger partial charge on any atom is -0.494 e. The van der Waals surface area contributed by atoms with E-state index < -0.39 is 5.97 Å². The van der Waals surface area contributed by atoms with Crippen LogP contribution in [0.4, 0.5) is 5.69 Å². The van der Waals surface area contributed by atoms with Crippen LogP contribution in [0.3, 0.4) is 0 Å². The highest BCUT2D eigenvalue weighted by molar-refractivity contribution is 5.94. The van der Waals surface area contributed by atoms with Crippen LogP contribution in [0.15, 0.2) is 78.9 Å². The smallest absolute Gasteiger partial charge is 0.308 e. The number of carbonyl (C=O) groups is 3. The number of nitrogens with one attached hydrogen (secondary N) is 2. The summed E-state index contributed by atoms with van der Waals surface area (Å²) in [7, 11) is 0. The summed E-state index contributed by atoms with van der Waals surface area (Å²) in [4.78, 5) is 35.5. The number of amides is 2. The Kier molecular flexibility index (Phi) is 8.59. The molecule has 0 atom stereocenters. The first kappa shape index (κ1) is 23.5. The zero-order valence-corrected chi connectivity index (χ0v) is 18.4. The Balaban J connectivity index is 1.40. The molecular weight excluding hydrogens is 420 g/mol. The normalized spacial score (nSPS) is 10.2. The third-order valence-corrected chi connectivity index (χ3v) is 4.61. The highest BCUT2D eigenvalue weighted by atomic mass is 16.5. The van der Waals surface area contributed by atoms with E-state index >= 15 is 0 Å². The molecule has 7 heteroatoms. The van der Waals surface area contributed by atoms with Gasteiger partial charge in [0.2, 0.25) is 5.91 Å². The van der Waals surface area contributed by atoms with E-state index in [4.69, 9.17) is 9.47 Å². The average molecular weight is 447 g/mol. The molecule has 0 aliphatic heterocycles. The first-order chi connectivity index (χ1) is 16.0. The van der Waals surface area contributed by atoms with Crippen LogP contribution in [0.5, 0.6) is 11.5 Å². The van der Waals surface area contributed by atoms with Crippen LogP contribution >= 0.6 is 0 Å². The maximum absolute atomic E-state index is 12.4. The fraction of sp³-hybridized carbons (Fsp3) is 0.192. The summed E-state index contributed by atoms with van der Waals surface area (Å²) in [6.45, 7) is 2.10. The quantitative estimate of drug-likeness (QED) is 0.275. The van der Waals surface area contributed by atoms with Gasteiger partial charge in [0.15, 0.2) is 0 Å². The van der Waals surface area contributed by atoms with E-state index in [1.54, 1.807) is 30.3 Å². The van der Waals surface area contributed by atoms with Crippen molar-refractivity contribution in [2.45, 2.75) is 26.3 Å². The zero-order chi connectivity index (χ0) is 23.5. The van der Waals surface area contributed by atoms with Gasteiger partial charge in [-0.2, -0.15) is 0 Å². The predicted molar refractivity (Wildman–Crippen MR) is 125 cm³/mol. The topological polar surface area (TPSA) is 93.7 Å². The van der Waals surface area contributed by atoms with Crippen LogP contribution < -0.4 is 20.1 Å². The zero-order valence-electron chi connectivity index (χ0n) is 18.4. The summed E-state index contributed by atoms with van der Waals surface area (Å²) in [5.41, 5.74) is 1.97. The molecular formula is C26H26N2O5. The molecule has 7 nitrogen and oxygen atoms in total. The number of hydrogen-bond acceptors (Lipinski definition) is 5. The summed E-state index contributed by atoms with van der Waals surface area (Å²) in [6.07, 6.45) is 0.973. The van der Waals surface area contributed by atoms with Crippen LogP contribution in [-0.4, -0.2) is 24.4 Å². The van der Waals surface area contributed by atoms with Gasteiger partial charge >= 0.3 is 5.97 Å². The molecule has 0 heterocycles. The number of carbonyl (C=O) groups excluding carboxylic acids is 3. The lowest BCUT2D eigenvalue weighted by molar-refractivity contribution is -0.131. The number of hydrogen-bond donors (Lipinski definition) is 2. The Labute approximate surface area is 192 Å². The lowest BCUT2D eigenvalue weighted by atomic mass is 10.1. The van der Waals surface area contributed by atoms with Gasteiger partial charge in [0, 0.05) is 31.1 Å². The molecule has 0 aliphatic rings. The second-order valence-electron chi connectivity index (χ2n) is 7.31. The van der Waals surface area contributed by atoms with Crippen molar-refractivity contribution in [1.29, 1.82) is 0 Å². The molecule has 3 aromatic rings. The number of esters is 1. The number of benzene rings is 3. The molecule has 0 radical (unpaired) electrons. The van der Waals surface area contributed by atoms with E-state index in [1.807, 2.05) is 42.5 Å². The van der Waals surface area contributed by atoms with Gasteiger partial charge in [-0.15, -0.1) is 0 Å². The molecule has 0 aromatic heterocycles. The third kappa shape index (κ3) is 8.14. The second kappa shape index (κ2) is 12.0. The Morgan fingerprint density at radius 3 is 2.30 bits per heavy atom. The lowest BCUT2D eigenvalue weighted by Gasteiger charge is -2.09. The van der Waals surface area contributed by atoms with Crippen molar-refractivity contribution in [3.8, 4) is 11.5 Å². The van der Waals surface area contributed by atoms with E-state index in [2.05, 4.69) is 10.6 Å². The predicted octanol–water partition coefficient (Wildman–Crippen LogP) is 4.34. The van der Waals surface area contributed by atoms with Gasteiger partial charge in [-0.05, 0) is 54.4 Å². The van der Waals surface area contributed by atoms with Crippen LogP contribution in [0.1, 0.15) is 35.7 Å². The van der Waals surface area contributed by atoms with Gasteiger partial charge in [-0.1, -0.05) is 36.4 Å². The molecule has 0 bridgehead atoms. The molecule has 0 unspecified atom stereocenters. The second-order valence-corrected chi connectivity index (χ2v) is 7.31. The van der Waals surface area contributed by atoms with Crippen LogP contribution in [0, 0.1) is 0 Å². The van der Waals surface area contributed by atoms with Gasteiger partial charge in [0.1, 0.15) is 11.5 Å². The summed E-state index contributed by atoms with van der Waals surface area (Å²) in [6, 6.07) is 23.2. The van der Waals surface area contributed by atoms with Gasteiger partial charge in [0.25, 0.3) is 5.91 Å². The van der Waals surface area contributed by atoms with Crippen molar-refractivity contribution in [3.05, 3.63) is 90.0 Å². The van der Waals surface area contributed by atoms with E-state index in [-0.39, 0.29) is 11.8 Å². The monoisotopic (exact) mass is 446 g/mol. The summed E-state index contributed by atoms with van der Waals surface area (Å²) >= 11 is 0. The van der Waals surface area contributed by atoms with Gasteiger partial charge in [-0.25, -0.2) is 0 Å². The molecule has 33 heavy (non-hydrogen) atoms. The summed E-state index contributed by atoms with van der Waals surface area (Å²) < 4.78 is 10.6. The summed E-state index contributed by atoms with van der Waals surface area (Å²) in [5.74, 6) is 0.305. The summed E-state index contributed by atoms with van der Waals surface area (Å²) in [5, 5.41) is 5.68. The Hall–Kier alpha value is -4.13. The highest BCUT2D eigenvalue weighted by Crippen LogP contribution is 2.15. The molecule has 0 spiro atoms. The van der Waals surface area contributed by atoms with Crippen molar-refractivity contribution in [1.82, 2.24) is 5.32 Å². The van der Waals surface area contributed by atoms with Crippen LogP contribution in [-0.2, 0) is 16.1 Å². The molecule has 3 aromatic carbocycles. The first-order valence-electron chi connectivity index (χ1n) is 10.6.